The topological polar surface area (TPSA) is 28.5 Å². The summed E-state index contributed by atoms with van der Waals surface area (Å²) in [6.07, 6.45) is 1.23. The number of nitrogens with zero attached hydrogens (tertiary/aromatic N) is 3. The Bertz CT molecular complexity index is 1180. The van der Waals surface area contributed by atoms with Crippen molar-refractivity contribution in [3.05, 3.63) is 96.1 Å². The van der Waals surface area contributed by atoms with Gasteiger partial charge in [0.2, 0.25) is 0 Å². The fourth-order valence-corrected chi connectivity index (χ4v) is 4.31. The molecule has 3 aromatic carbocycles. The van der Waals surface area contributed by atoms with E-state index in [9.17, 15) is 4.79 Å². The Morgan fingerprint density at radius 2 is 1.38 bits per heavy atom. The van der Waals surface area contributed by atoms with Crippen molar-refractivity contribution >= 4 is 16.7 Å². The number of rotatable bonds is 8. The van der Waals surface area contributed by atoms with Crippen LogP contribution in [0.15, 0.2) is 84.9 Å². The van der Waals surface area contributed by atoms with E-state index in [1.807, 2.05) is 61.6 Å². The van der Waals surface area contributed by atoms with Crippen molar-refractivity contribution in [2.75, 3.05) is 34.2 Å². The summed E-state index contributed by atoms with van der Waals surface area (Å²) >= 11 is 0. The molecule has 4 heteroatoms. The Morgan fingerprint density at radius 1 is 0.794 bits per heavy atom. The molecule has 4 rings (SSSR count). The van der Waals surface area contributed by atoms with Gasteiger partial charge in [0.1, 0.15) is 0 Å². The van der Waals surface area contributed by atoms with E-state index in [4.69, 9.17) is 0 Å². The molecule has 0 aliphatic carbocycles. The number of aromatic nitrogens is 1. The molecule has 0 saturated heterocycles. The van der Waals surface area contributed by atoms with E-state index in [0.717, 1.165) is 40.8 Å². The van der Waals surface area contributed by atoms with Crippen LogP contribution in [0.1, 0.15) is 29.3 Å². The monoisotopic (exact) mass is 455 g/mol. The van der Waals surface area contributed by atoms with Gasteiger partial charge in [0.15, 0.2) is 5.78 Å². The molecule has 1 heterocycles. The maximum Gasteiger partial charge on any atom is 0.162 e. The summed E-state index contributed by atoms with van der Waals surface area (Å²) < 4.78 is 2.10. The first kappa shape index (κ1) is 25.4. The number of Topliss-reactive ketones (excluding diaryl/α,β-unsaturated/α-hetero) is 1. The summed E-state index contributed by atoms with van der Waals surface area (Å²) in [5.41, 5.74) is 5.36. The highest BCUT2D eigenvalue weighted by Gasteiger charge is 2.18. The van der Waals surface area contributed by atoms with E-state index in [0.29, 0.717) is 0 Å². The zero-order chi connectivity index (χ0) is 24.5. The lowest BCUT2D eigenvalue weighted by molar-refractivity contribution is 0.101. The van der Waals surface area contributed by atoms with Crippen molar-refractivity contribution < 1.29 is 4.79 Å². The number of aryl methyl sites for hydroxylation is 1. The smallest absolute Gasteiger partial charge is 0.162 e. The molecule has 0 amide bonds. The van der Waals surface area contributed by atoms with E-state index < -0.39 is 0 Å². The molecule has 0 spiro atoms. The quantitative estimate of drug-likeness (QED) is 0.300. The number of fused-ring (bicyclic) bond motifs is 1. The molecule has 178 valence electrons. The molecule has 0 saturated carbocycles. The predicted molar refractivity (Wildman–Crippen MR) is 144 cm³/mol. The summed E-state index contributed by atoms with van der Waals surface area (Å²) in [5.74, 6) is 0.107. The molecular formula is C30H37N3O. The summed E-state index contributed by atoms with van der Waals surface area (Å²) in [6.45, 7) is 5.01. The summed E-state index contributed by atoms with van der Waals surface area (Å²) in [4.78, 5) is 16.7. The zero-order valence-electron chi connectivity index (χ0n) is 21.2. The Labute approximate surface area is 204 Å². The first-order chi connectivity index (χ1) is 16.4. The third-order valence-electron chi connectivity index (χ3n) is 5.95. The fraction of sp³-hybridized carbons (Fsp3) is 0.300. The molecule has 0 N–H and O–H groups in total. The lowest BCUT2D eigenvalue weighted by Crippen LogP contribution is -2.23. The molecule has 4 aromatic rings. The van der Waals surface area contributed by atoms with E-state index in [2.05, 4.69) is 65.8 Å². The maximum absolute atomic E-state index is 12.1. The molecule has 0 unspecified atom stereocenters. The average Bonchev–Trinajstić information content (AvgIpc) is 3.13. The van der Waals surface area contributed by atoms with Crippen LogP contribution in [0, 0.1) is 0 Å². The Balaban J connectivity index is 0.000000197. The number of ketones is 1. The standard InChI is InChI=1S/C17H15NO.C13H22N2/c1-12(19)16-14-10-6-7-11-15(14)18(2)17(16)13-8-4-3-5-9-13;1-14(2)10-7-11-15(3)12-13-8-5-4-6-9-13/h3-11H,1-2H3;4-6,8-9H,7,10-12H2,1-3H3. The van der Waals surface area contributed by atoms with Crippen molar-refractivity contribution in [3.8, 4) is 11.3 Å². The van der Waals surface area contributed by atoms with Gasteiger partial charge in [-0.05, 0) is 64.8 Å². The molecule has 34 heavy (non-hydrogen) atoms. The van der Waals surface area contributed by atoms with E-state index in [1.165, 1.54) is 18.5 Å². The van der Waals surface area contributed by atoms with Crippen LogP contribution >= 0.6 is 0 Å². The van der Waals surface area contributed by atoms with Gasteiger partial charge < -0.3 is 14.4 Å². The van der Waals surface area contributed by atoms with Crippen molar-refractivity contribution in [1.82, 2.24) is 14.4 Å². The largest absolute Gasteiger partial charge is 0.343 e. The van der Waals surface area contributed by atoms with Gasteiger partial charge in [-0.25, -0.2) is 0 Å². The van der Waals surface area contributed by atoms with Crippen LogP contribution in [0.3, 0.4) is 0 Å². The van der Waals surface area contributed by atoms with Crippen molar-refractivity contribution in [1.29, 1.82) is 0 Å². The van der Waals surface area contributed by atoms with Gasteiger partial charge >= 0.3 is 0 Å². The predicted octanol–water partition coefficient (Wildman–Crippen LogP) is 6.12. The van der Waals surface area contributed by atoms with Gasteiger partial charge in [0.25, 0.3) is 0 Å². The number of hydrogen-bond donors (Lipinski definition) is 0. The summed E-state index contributed by atoms with van der Waals surface area (Å²) in [7, 11) is 8.44. The summed E-state index contributed by atoms with van der Waals surface area (Å²) in [6, 6.07) is 28.7. The van der Waals surface area contributed by atoms with Crippen LogP contribution in [-0.2, 0) is 13.6 Å². The van der Waals surface area contributed by atoms with Crippen LogP contribution < -0.4 is 0 Å². The maximum atomic E-state index is 12.1. The highest BCUT2D eigenvalue weighted by atomic mass is 16.1. The van der Waals surface area contributed by atoms with Gasteiger partial charge in [-0.1, -0.05) is 78.9 Å². The second-order valence-electron chi connectivity index (χ2n) is 9.10. The molecular weight excluding hydrogens is 418 g/mol. The van der Waals surface area contributed by atoms with Crippen LogP contribution in [-0.4, -0.2) is 54.4 Å². The molecule has 0 aliphatic heterocycles. The van der Waals surface area contributed by atoms with E-state index in [1.54, 1.807) is 6.92 Å². The fourth-order valence-electron chi connectivity index (χ4n) is 4.31. The second kappa shape index (κ2) is 12.3. The molecule has 0 radical (unpaired) electrons. The van der Waals surface area contributed by atoms with Gasteiger partial charge in [-0.15, -0.1) is 0 Å². The van der Waals surface area contributed by atoms with Gasteiger partial charge in [-0.2, -0.15) is 0 Å². The first-order valence-corrected chi connectivity index (χ1v) is 11.9. The molecule has 0 atom stereocenters. The third-order valence-corrected chi connectivity index (χ3v) is 5.95. The van der Waals surface area contributed by atoms with Crippen LogP contribution in [0.5, 0.6) is 0 Å². The summed E-state index contributed by atoms with van der Waals surface area (Å²) in [5, 5.41) is 1.02. The van der Waals surface area contributed by atoms with Gasteiger partial charge in [0.05, 0.1) is 11.3 Å². The number of para-hydroxylation sites is 1. The Kier molecular flexibility index (Phi) is 9.20. The van der Waals surface area contributed by atoms with Gasteiger partial charge in [0, 0.05) is 24.5 Å². The highest BCUT2D eigenvalue weighted by molar-refractivity contribution is 6.12. The molecule has 1 aromatic heterocycles. The second-order valence-corrected chi connectivity index (χ2v) is 9.10. The average molecular weight is 456 g/mol. The number of hydrogen-bond acceptors (Lipinski definition) is 3. The lowest BCUT2D eigenvalue weighted by Gasteiger charge is -2.18. The van der Waals surface area contributed by atoms with Crippen LogP contribution in [0.2, 0.25) is 0 Å². The number of carbonyl (C=O) groups is 1. The SMILES string of the molecule is CC(=O)c1c(-c2ccccc2)n(C)c2ccccc12.CN(C)CCCN(C)Cc1ccccc1. The van der Waals surface area contributed by atoms with E-state index in [-0.39, 0.29) is 5.78 Å². The first-order valence-electron chi connectivity index (χ1n) is 11.9. The van der Waals surface area contributed by atoms with Crippen molar-refractivity contribution in [2.24, 2.45) is 7.05 Å². The lowest BCUT2D eigenvalue weighted by atomic mass is 10.0. The van der Waals surface area contributed by atoms with Crippen molar-refractivity contribution in [2.45, 2.75) is 19.9 Å². The van der Waals surface area contributed by atoms with Crippen LogP contribution in [0.25, 0.3) is 22.2 Å². The molecule has 4 nitrogen and oxygen atoms in total. The van der Waals surface area contributed by atoms with E-state index >= 15 is 0 Å². The third kappa shape index (κ3) is 6.66. The Hall–Kier alpha value is -3.21. The molecule has 0 bridgehead atoms. The van der Waals surface area contributed by atoms with Crippen molar-refractivity contribution in [3.63, 3.8) is 0 Å². The van der Waals surface area contributed by atoms with Crippen LogP contribution in [0.4, 0.5) is 0 Å². The number of benzene rings is 3. The highest BCUT2D eigenvalue weighted by Crippen LogP contribution is 2.33. The molecule has 0 fully saturated rings. The minimum absolute atomic E-state index is 0.107. The minimum Gasteiger partial charge on any atom is -0.343 e. The molecule has 0 aliphatic rings. The zero-order valence-corrected chi connectivity index (χ0v) is 21.2. The Morgan fingerprint density at radius 3 is 2.00 bits per heavy atom. The number of carbonyl (C=O) groups excluding carboxylic acids is 1. The minimum atomic E-state index is 0.107. The van der Waals surface area contributed by atoms with Gasteiger partial charge in [-0.3, -0.25) is 4.79 Å². The normalized spacial score (nSPS) is 11.0.